The first-order chi connectivity index (χ1) is 9.70. The molecule has 2 amide bonds. The fourth-order valence-electron chi connectivity index (χ4n) is 2.03. The summed E-state index contributed by atoms with van der Waals surface area (Å²) in [5, 5.41) is 14.4. The lowest BCUT2D eigenvalue weighted by Gasteiger charge is -2.21. The Bertz CT molecular complexity index is 521. The quantitative estimate of drug-likeness (QED) is 0.752. The van der Waals surface area contributed by atoms with Crippen LogP contribution in [0.3, 0.4) is 0 Å². The van der Waals surface area contributed by atoms with Crippen molar-refractivity contribution < 1.29 is 14.7 Å². The zero-order valence-corrected chi connectivity index (χ0v) is 14.2. The van der Waals surface area contributed by atoms with Gasteiger partial charge in [-0.1, -0.05) is 19.9 Å². The number of benzene rings is 1. The highest BCUT2D eigenvalue weighted by atomic mass is 79.9. The molecule has 0 bridgehead atoms. The fourth-order valence-corrected chi connectivity index (χ4v) is 2.81. The Balaban J connectivity index is 2.79. The van der Waals surface area contributed by atoms with Crippen LogP contribution in [0.5, 0.6) is 0 Å². The number of carboxylic acid groups (broad SMARTS) is 1. The molecule has 1 rings (SSSR count). The number of aryl methyl sites for hydroxylation is 2. The third-order valence-electron chi connectivity index (χ3n) is 3.19. The topological polar surface area (TPSA) is 78.4 Å². The lowest BCUT2D eigenvalue weighted by molar-refractivity contribution is -0.137. The van der Waals surface area contributed by atoms with Crippen LogP contribution in [0.25, 0.3) is 0 Å². The molecular weight excluding hydrogens is 336 g/mol. The Morgan fingerprint density at radius 2 is 1.90 bits per heavy atom. The van der Waals surface area contributed by atoms with Gasteiger partial charge in [-0.2, -0.15) is 0 Å². The van der Waals surface area contributed by atoms with Gasteiger partial charge >= 0.3 is 12.0 Å². The largest absolute Gasteiger partial charge is 0.481 e. The average Bonchev–Trinajstić information content (AvgIpc) is 2.32. The van der Waals surface area contributed by atoms with Gasteiger partial charge in [-0.15, -0.1) is 0 Å². The molecule has 0 heterocycles. The minimum atomic E-state index is -0.929. The zero-order valence-electron chi connectivity index (χ0n) is 12.7. The van der Waals surface area contributed by atoms with E-state index < -0.39 is 18.0 Å². The zero-order chi connectivity index (χ0) is 16.2. The van der Waals surface area contributed by atoms with E-state index in [2.05, 4.69) is 26.6 Å². The highest BCUT2D eigenvalue weighted by molar-refractivity contribution is 9.10. The fraction of sp³-hybridized carbons (Fsp3) is 0.467. The van der Waals surface area contributed by atoms with E-state index in [1.165, 1.54) is 0 Å². The van der Waals surface area contributed by atoms with E-state index in [1.807, 2.05) is 39.8 Å². The molecule has 1 aromatic carbocycles. The summed E-state index contributed by atoms with van der Waals surface area (Å²) in [6.45, 7) is 7.63. The van der Waals surface area contributed by atoms with Crippen LogP contribution in [-0.4, -0.2) is 23.1 Å². The SMILES string of the molecule is Cc1cc(C)c(NC(=O)NC(CC(=O)O)C(C)C)c(Br)c1. The number of aliphatic carboxylic acids is 1. The number of amides is 2. The number of urea groups is 1. The molecule has 0 radical (unpaired) electrons. The molecule has 6 heteroatoms. The second-order valence-electron chi connectivity index (χ2n) is 5.49. The van der Waals surface area contributed by atoms with E-state index in [1.54, 1.807) is 0 Å². The van der Waals surface area contributed by atoms with E-state index >= 15 is 0 Å². The molecule has 0 aliphatic carbocycles. The smallest absolute Gasteiger partial charge is 0.319 e. The van der Waals surface area contributed by atoms with Crippen LogP contribution < -0.4 is 10.6 Å². The standard InChI is InChI=1S/C15H21BrN2O3/c1-8(2)12(7-13(19)20)17-15(21)18-14-10(4)5-9(3)6-11(14)16/h5-6,8,12H,7H2,1-4H3,(H,19,20)(H2,17,18,21). The van der Waals surface area contributed by atoms with E-state index in [4.69, 9.17) is 5.11 Å². The first kappa shape index (κ1) is 17.5. The molecule has 5 nitrogen and oxygen atoms in total. The summed E-state index contributed by atoms with van der Waals surface area (Å²) in [4.78, 5) is 22.9. The maximum Gasteiger partial charge on any atom is 0.319 e. The number of hydrogen-bond donors (Lipinski definition) is 3. The molecule has 1 aromatic rings. The van der Waals surface area contributed by atoms with Gasteiger partial charge in [-0.25, -0.2) is 4.79 Å². The van der Waals surface area contributed by atoms with Crippen molar-refractivity contribution in [1.82, 2.24) is 5.32 Å². The molecule has 0 aliphatic heterocycles. The number of carbonyl (C=O) groups excluding carboxylic acids is 1. The Morgan fingerprint density at radius 3 is 2.38 bits per heavy atom. The van der Waals surface area contributed by atoms with Crippen LogP contribution in [0.1, 0.15) is 31.4 Å². The van der Waals surface area contributed by atoms with Crippen molar-refractivity contribution in [3.05, 3.63) is 27.7 Å². The predicted molar refractivity (Wildman–Crippen MR) is 86.6 cm³/mol. The van der Waals surface area contributed by atoms with Crippen LogP contribution in [-0.2, 0) is 4.79 Å². The van der Waals surface area contributed by atoms with Crippen molar-refractivity contribution in [2.75, 3.05) is 5.32 Å². The van der Waals surface area contributed by atoms with Crippen LogP contribution in [0.15, 0.2) is 16.6 Å². The van der Waals surface area contributed by atoms with Gasteiger partial charge in [0.25, 0.3) is 0 Å². The van der Waals surface area contributed by atoms with Gasteiger partial charge in [0.05, 0.1) is 12.1 Å². The maximum atomic E-state index is 12.1. The maximum absolute atomic E-state index is 12.1. The van der Waals surface area contributed by atoms with Gasteiger partial charge in [-0.05, 0) is 52.9 Å². The van der Waals surface area contributed by atoms with Gasteiger partial charge in [-0.3, -0.25) is 4.79 Å². The minimum Gasteiger partial charge on any atom is -0.481 e. The van der Waals surface area contributed by atoms with E-state index in [0.29, 0.717) is 5.69 Å². The summed E-state index contributed by atoms with van der Waals surface area (Å²) in [5.41, 5.74) is 2.73. The average molecular weight is 357 g/mol. The first-order valence-corrected chi connectivity index (χ1v) is 7.56. The van der Waals surface area contributed by atoms with Crippen molar-refractivity contribution in [2.24, 2.45) is 5.92 Å². The molecule has 0 saturated heterocycles. The molecule has 116 valence electrons. The number of carboxylic acids is 1. The minimum absolute atomic E-state index is 0.0365. The molecular formula is C15H21BrN2O3. The molecule has 21 heavy (non-hydrogen) atoms. The normalized spacial score (nSPS) is 12.1. The molecule has 0 fully saturated rings. The predicted octanol–water partition coefficient (Wildman–Crippen LogP) is 3.69. The van der Waals surface area contributed by atoms with Crippen molar-refractivity contribution in [3.63, 3.8) is 0 Å². The highest BCUT2D eigenvalue weighted by Crippen LogP contribution is 2.27. The highest BCUT2D eigenvalue weighted by Gasteiger charge is 2.20. The molecule has 1 unspecified atom stereocenters. The van der Waals surface area contributed by atoms with Crippen LogP contribution in [0.2, 0.25) is 0 Å². The second-order valence-corrected chi connectivity index (χ2v) is 6.34. The lowest BCUT2D eigenvalue weighted by atomic mass is 10.0. The summed E-state index contributed by atoms with van der Waals surface area (Å²) >= 11 is 3.43. The van der Waals surface area contributed by atoms with E-state index in [0.717, 1.165) is 15.6 Å². The Morgan fingerprint density at radius 1 is 1.29 bits per heavy atom. The van der Waals surface area contributed by atoms with Gasteiger partial charge in [0.2, 0.25) is 0 Å². The number of rotatable bonds is 5. The number of halogens is 1. The van der Waals surface area contributed by atoms with Gasteiger partial charge in [0.1, 0.15) is 0 Å². The first-order valence-electron chi connectivity index (χ1n) is 6.76. The number of nitrogens with one attached hydrogen (secondary N) is 2. The molecule has 1 atom stereocenters. The lowest BCUT2D eigenvalue weighted by Crippen LogP contribution is -2.42. The van der Waals surface area contributed by atoms with Crippen LogP contribution in [0, 0.1) is 19.8 Å². The van der Waals surface area contributed by atoms with Crippen molar-refractivity contribution >= 4 is 33.6 Å². The molecule has 0 spiro atoms. The van der Waals surface area contributed by atoms with Crippen LogP contribution >= 0.6 is 15.9 Å². The van der Waals surface area contributed by atoms with E-state index in [9.17, 15) is 9.59 Å². The number of hydrogen-bond acceptors (Lipinski definition) is 2. The number of carbonyl (C=O) groups is 2. The van der Waals surface area contributed by atoms with Gasteiger partial charge < -0.3 is 15.7 Å². The van der Waals surface area contributed by atoms with E-state index in [-0.39, 0.29) is 12.3 Å². The van der Waals surface area contributed by atoms with Crippen molar-refractivity contribution in [2.45, 2.75) is 40.2 Å². The Kier molecular flexibility index (Phi) is 6.20. The molecule has 3 N–H and O–H groups in total. The molecule has 0 saturated carbocycles. The van der Waals surface area contributed by atoms with Crippen LogP contribution in [0.4, 0.5) is 10.5 Å². The third-order valence-corrected chi connectivity index (χ3v) is 3.81. The summed E-state index contributed by atoms with van der Waals surface area (Å²) in [6, 6.07) is 3.08. The Hall–Kier alpha value is -1.56. The van der Waals surface area contributed by atoms with Crippen molar-refractivity contribution in [3.8, 4) is 0 Å². The van der Waals surface area contributed by atoms with Crippen molar-refractivity contribution in [1.29, 1.82) is 0 Å². The second kappa shape index (κ2) is 7.45. The van der Waals surface area contributed by atoms with Gasteiger partial charge in [0.15, 0.2) is 0 Å². The summed E-state index contributed by atoms with van der Waals surface area (Å²) in [7, 11) is 0. The monoisotopic (exact) mass is 356 g/mol. The Labute approximate surface area is 133 Å². The molecule has 0 aliphatic rings. The summed E-state index contributed by atoms with van der Waals surface area (Å²) in [5.74, 6) is -0.892. The summed E-state index contributed by atoms with van der Waals surface area (Å²) < 4.78 is 0.800. The number of anilines is 1. The summed E-state index contributed by atoms with van der Waals surface area (Å²) in [6.07, 6.45) is -0.0981. The molecule has 0 aromatic heterocycles. The van der Waals surface area contributed by atoms with Gasteiger partial charge in [0, 0.05) is 10.5 Å². The third kappa shape index (κ3) is 5.38.